The molecule has 3 rings (SSSR count). The number of morpholine rings is 1. The fraction of sp³-hybridized carbons (Fsp3) is 0.500. The zero-order valence-electron chi connectivity index (χ0n) is 14.9. The van der Waals surface area contributed by atoms with Gasteiger partial charge in [-0.25, -0.2) is 0 Å². The minimum atomic E-state index is 0.0849. The first kappa shape index (κ1) is 17.9. The van der Waals surface area contributed by atoms with Crippen LogP contribution in [0.2, 0.25) is 0 Å². The second kappa shape index (κ2) is 8.01. The van der Waals surface area contributed by atoms with Crippen LogP contribution in [-0.2, 0) is 16.1 Å². The summed E-state index contributed by atoms with van der Waals surface area (Å²) in [5.41, 5.74) is 1.03. The van der Waals surface area contributed by atoms with Gasteiger partial charge in [-0.05, 0) is 20.8 Å². The van der Waals surface area contributed by atoms with E-state index in [0.717, 1.165) is 23.1 Å². The van der Waals surface area contributed by atoms with E-state index < -0.39 is 0 Å². The van der Waals surface area contributed by atoms with Crippen LogP contribution in [0.25, 0.3) is 11.4 Å². The van der Waals surface area contributed by atoms with Crippen LogP contribution in [0.4, 0.5) is 0 Å². The molecule has 2 atom stereocenters. The number of rotatable bonds is 5. The Kier molecular flexibility index (Phi) is 5.75. The van der Waals surface area contributed by atoms with Gasteiger partial charge in [0.2, 0.25) is 5.91 Å². The second-order valence-corrected chi connectivity index (χ2v) is 7.20. The van der Waals surface area contributed by atoms with Gasteiger partial charge in [0.25, 0.3) is 0 Å². The van der Waals surface area contributed by atoms with E-state index in [-0.39, 0.29) is 18.1 Å². The first-order chi connectivity index (χ1) is 12.1. The number of ether oxygens (including phenoxy) is 1. The van der Waals surface area contributed by atoms with Crippen molar-refractivity contribution in [3.63, 3.8) is 0 Å². The number of benzene rings is 1. The standard InChI is InChI=1S/C18H24N4O2S/c1-4-22-17(15-8-6-5-7-9-15)19-20-18(22)25-12-16(23)21-10-13(2)24-14(3)11-21/h5-9,13-14H,4,10-12H2,1-3H3/t13-,14-/m0/s1. The highest BCUT2D eigenvalue weighted by Gasteiger charge is 2.26. The molecule has 1 fully saturated rings. The third-order valence-electron chi connectivity index (χ3n) is 4.16. The van der Waals surface area contributed by atoms with Crippen molar-refractivity contribution in [2.24, 2.45) is 0 Å². The number of thioether (sulfide) groups is 1. The Morgan fingerprint density at radius 1 is 1.20 bits per heavy atom. The van der Waals surface area contributed by atoms with E-state index in [1.165, 1.54) is 11.8 Å². The fourth-order valence-electron chi connectivity index (χ4n) is 3.08. The van der Waals surface area contributed by atoms with E-state index in [1.54, 1.807) is 0 Å². The highest BCUT2D eigenvalue weighted by atomic mass is 32.2. The number of carbonyl (C=O) groups excluding carboxylic acids is 1. The predicted molar refractivity (Wildman–Crippen MR) is 98.4 cm³/mol. The average Bonchev–Trinajstić information content (AvgIpc) is 3.02. The van der Waals surface area contributed by atoms with Crippen LogP contribution in [0.3, 0.4) is 0 Å². The van der Waals surface area contributed by atoms with Gasteiger partial charge < -0.3 is 14.2 Å². The smallest absolute Gasteiger partial charge is 0.233 e. The molecule has 0 N–H and O–H groups in total. The van der Waals surface area contributed by atoms with Crippen LogP contribution in [0, 0.1) is 0 Å². The zero-order valence-corrected chi connectivity index (χ0v) is 15.7. The number of amides is 1. The zero-order chi connectivity index (χ0) is 17.8. The molecule has 134 valence electrons. The quantitative estimate of drug-likeness (QED) is 0.767. The van der Waals surface area contributed by atoms with Crippen LogP contribution in [-0.4, -0.2) is 56.6 Å². The first-order valence-corrected chi connectivity index (χ1v) is 9.61. The molecule has 0 unspecified atom stereocenters. The van der Waals surface area contributed by atoms with Crippen LogP contribution in [0.1, 0.15) is 20.8 Å². The van der Waals surface area contributed by atoms with Crippen LogP contribution in [0.5, 0.6) is 0 Å². The minimum absolute atomic E-state index is 0.0849. The highest BCUT2D eigenvalue weighted by Crippen LogP contribution is 2.24. The molecule has 0 saturated carbocycles. The molecule has 0 bridgehead atoms. The third-order valence-corrected chi connectivity index (χ3v) is 5.11. The summed E-state index contributed by atoms with van der Waals surface area (Å²) in [6.45, 7) is 8.14. The molecule has 6 nitrogen and oxygen atoms in total. The van der Waals surface area contributed by atoms with E-state index in [1.807, 2.05) is 49.1 Å². The Balaban J connectivity index is 1.67. The molecule has 1 aliphatic heterocycles. The summed E-state index contributed by atoms with van der Waals surface area (Å²) in [5.74, 6) is 1.33. The summed E-state index contributed by atoms with van der Waals surface area (Å²) in [6, 6.07) is 10.00. The van der Waals surface area contributed by atoms with Crippen LogP contribution >= 0.6 is 11.8 Å². The van der Waals surface area contributed by atoms with Crippen molar-refractivity contribution in [1.82, 2.24) is 19.7 Å². The van der Waals surface area contributed by atoms with Gasteiger partial charge in [0, 0.05) is 25.2 Å². The SMILES string of the molecule is CCn1c(SCC(=O)N2C[C@H](C)O[C@@H](C)C2)nnc1-c1ccccc1. The summed E-state index contributed by atoms with van der Waals surface area (Å²) in [7, 11) is 0. The van der Waals surface area contributed by atoms with E-state index in [4.69, 9.17) is 4.74 Å². The van der Waals surface area contributed by atoms with Gasteiger partial charge in [0.05, 0.1) is 18.0 Å². The van der Waals surface area contributed by atoms with E-state index in [0.29, 0.717) is 18.8 Å². The Hall–Kier alpha value is -1.86. The summed E-state index contributed by atoms with van der Waals surface area (Å²) in [4.78, 5) is 14.4. The molecule has 1 aromatic carbocycles. The Labute approximate surface area is 152 Å². The van der Waals surface area contributed by atoms with Crippen LogP contribution in [0.15, 0.2) is 35.5 Å². The third kappa shape index (κ3) is 4.22. The van der Waals surface area contributed by atoms with Gasteiger partial charge in [-0.3, -0.25) is 4.79 Å². The summed E-state index contributed by atoms with van der Waals surface area (Å²) in [5, 5.41) is 9.39. The Morgan fingerprint density at radius 3 is 2.52 bits per heavy atom. The fourth-order valence-corrected chi connectivity index (χ4v) is 3.99. The second-order valence-electron chi connectivity index (χ2n) is 6.26. The normalized spacial score (nSPS) is 20.7. The average molecular weight is 360 g/mol. The molecule has 2 aromatic rings. The van der Waals surface area contributed by atoms with Gasteiger partial charge in [-0.15, -0.1) is 10.2 Å². The molecule has 0 spiro atoms. The monoisotopic (exact) mass is 360 g/mol. The number of hydrogen-bond donors (Lipinski definition) is 0. The summed E-state index contributed by atoms with van der Waals surface area (Å²) < 4.78 is 7.74. The number of hydrogen-bond acceptors (Lipinski definition) is 5. The number of nitrogens with zero attached hydrogens (tertiary/aromatic N) is 4. The predicted octanol–water partition coefficient (Wildman–Crippen LogP) is 2.69. The molecule has 1 aliphatic rings. The molecule has 1 saturated heterocycles. The van der Waals surface area contributed by atoms with Crippen molar-refractivity contribution in [3.05, 3.63) is 30.3 Å². The topological polar surface area (TPSA) is 60.2 Å². The van der Waals surface area contributed by atoms with Crippen molar-refractivity contribution >= 4 is 17.7 Å². The van der Waals surface area contributed by atoms with E-state index in [9.17, 15) is 4.79 Å². The van der Waals surface area contributed by atoms with E-state index in [2.05, 4.69) is 21.7 Å². The van der Waals surface area contributed by atoms with Gasteiger partial charge in [-0.1, -0.05) is 42.1 Å². The molecule has 1 aromatic heterocycles. The van der Waals surface area contributed by atoms with Gasteiger partial charge in [0.1, 0.15) is 0 Å². The van der Waals surface area contributed by atoms with Crippen molar-refractivity contribution in [2.75, 3.05) is 18.8 Å². The maximum Gasteiger partial charge on any atom is 0.233 e. The lowest BCUT2D eigenvalue weighted by Gasteiger charge is -2.35. The molecule has 7 heteroatoms. The lowest BCUT2D eigenvalue weighted by Crippen LogP contribution is -2.48. The van der Waals surface area contributed by atoms with Gasteiger partial charge in [0.15, 0.2) is 11.0 Å². The molecule has 2 heterocycles. The van der Waals surface area contributed by atoms with Crippen molar-refractivity contribution in [3.8, 4) is 11.4 Å². The maximum atomic E-state index is 12.5. The van der Waals surface area contributed by atoms with Gasteiger partial charge >= 0.3 is 0 Å². The van der Waals surface area contributed by atoms with E-state index >= 15 is 0 Å². The van der Waals surface area contributed by atoms with Gasteiger partial charge in [-0.2, -0.15) is 0 Å². The lowest BCUT2D eigenvalue weighted by molar-refractivity contribution is -0.140. The molecule has 0 radical (unpaired) electrons. The molecular weight excluding hydrogens is 336 g/mol. The minimum Gasteiger partial charge on any atom is -0.372 e. The summed E-state index contributed by atoms with van der Waals surface area (Å²) in [6.07, 6.45) is 0.170. The van der Waals surface area contributed by atoms with Crippen molar-refractivity contribution in [1.29, 1.82) is 0 Å². The largest absolute Gasteiger partial charge is 0.372 e. The number of aromatic nitrogens is 3. The lowest BCUT2D eigenvalue weighted by atomic mass is 10.2. The van der Waals surface area contributed by atoms with Crippen LogP contribution < -0.4 is 0 Å². The number of carbonyl (C=O) groups is 1. The molecular formula is C18H24N4O2S. The maximum absolute atomic E-state index is 12.5. The first-order valence-electron chi connectivity index (χ1n) is 8.63. The molecule has 1 amide bonds. The Bertz CT molecular complexity index is 709. The molecule has 25 heavy (non-hydrogen) atoms. The van der Waals surface area contributed by atoms with Crippen molar-refractivity contribution < 1.29 is 9.53 Å². The molecule has 0 aliphatic carbocycles. The summed E-state index contributed by atoms with van der Waals surface area (Å²) >= 11 is 1.45. The van der Waals surface area contributed by atoms with Crippen molar-refractivity contribution in [2.45, 2.75) is 44.7 Å². The highest BCUT2D eigenvalue weighted by molar-refractivity contribution is 7.99. The Morgan fingerprint density at radius 2 is 1.88 bits per heavy atom.